The molecule has 2 fully saturated rings. The Bertz CT molecular complexity index is 1530. The first-order chi connectivity index (χ1) is 18.1. The first-order valence-electron chi connectivity index (χ1n) is 12.1. The van der Waals surface area contributed by atoms with Gasteiger partial charge < -0.3 is 30.7 Å². The fourth-order valence-corrected chi connectivity index (χ4v) is 4.91. The molecule has 16 heteroatoms. The van der Waals surface area contributed by atoms with Gasteiger partial charge in [-0.05, 0) is 13.3 Å². The smallest absolute Gasteiger partial charge is 0.330 e. The van der Waals surface area contributed by atoms with Crippen molar-refractivity contribution in [2.24, 2.45) is 5.92 Å². The summed E-state index contributed by atoms with van der Waals surface area (Å²) in [6.45, 7) is 1.22. The third-order valence-electron chi connectivity index (χ3n) is 6.91. The number of fused-ring (bicyclic) bond motifs is 1. The highest BCUT2D eigenvalue weighted by molar-refractivity contribution is 5.76. The van der Waals surface area contributed by atoms with Crippen LogP contribution in [-0.4, -0.2) is 76.7 Å². The van der Waals surface area contributed by atoms with Crippen molar-refractivity contribution < 1.29 is 24.5 Å². The minimum absolute atomic E-state index is 0.00743. The molecule has 0 spiro atoms. The number of carbonyl (C=O) groups excluding carboxylic acids is 1. The number of ether oxygens (including phenoxy) is 2. The van der Waals surface area contributed by atoms with E-state index in [2.05, 4.69) is 25.3 Å². The van der Waals surface area contributed by atoms with Crippen molar-refractivity contribution >= 4 is 23.0 Å². The Kier molecular flexibility index (Phi) is 6.87. The monoisotopic (exact) mass is 532 g/mol. The second-order valence-electron chi connectivity index (χ2n) is 9.50. The Morgan fingerprint density at radius 3 is 2.66 bits per heavy atom. The molecule has 38 heavy (non-hydrogen) atoms. The van der Waals surface area contributed by atoms with Crippen molar-refractivity contribution in [2.45, 2.75) is 57.0 Å². The number of aliphatic hydroxyl groups excluding tert-OH is 2. The van der Waals surface area contributed by atoms with Gasteiger partial charge in [-0.15, -0.1) is 0 Å². The molecule has 204 valence electrons. The van der Waals surface area contributed by atoms with Crippen LogP contribution in [-0.2, 0) is 14.3 Å². The Labute approximate surface area is 213 Å². The maximum atomic E-state index is 12.7. The first kappa shape index (κ1) is 25.8. The number of imidazole rings is 1. The number of carbonyl (C=O) groups is 1. The molecule has 0 unspecified atom stereocenters. The molecule has 16 nitrogen and oxygen atoms in total. The molecular weight excluding hydrogens is 504 g/mol. The van der Waals surface area contributed by atoms with Crippen molar-refractivity contribution in [3.05, 3.63) is 49.3 Å². The molecule has 2 aliphatic heterocycles. The zero-order valence-electron chi connectivity index (χ0n) is 20.4. The van der Waals surface area contributed by atoms with E-state index in [1.807, 2.05) is 0 Å². The molecular formula is C22H28N8O8. The number of nitrogens with zero attached hydrogens (tertiary/aromatic N) is 4. The minimum atomic E-state index is -0.943. The van der Waals surface area contributed by atoms with Crippen molar-refractivity contribution in [3.63, 3.8) is 0 Å². The number of H-pyrrole nitrogens is 2. The lowest BCUT2D eigenvalue weighted by molar-refractivity contribution is -0.123. The number of aryl methyl sites for hydroxylation is 1. The number of nitrogens with two attached hydrogens (primary N) is 1. The number of anilines is 1. The summed E-state index contributed by atoms with van der Waals surface area (Å²) in [6.07, 6.45) is -0.522. The van der Waals surface area contributed by atoms with Gasteiger partial charge >= 0.3 is 5.69 Å². The van der Waals surface area contributed by atoms with Crippen LogP contribution in [0.4, 0.5) is 5.95 Å². The third kappa shape index (κ3) is 4.85. The number of hydrogen-bond donors (Lipinski definition) is 6. The summed E-state index contributed by atoms with van der Waals surface area (Å²) in [5.74, 6) is -0.772. The molecule has 3 aromatic heterocycles. The predicted molar refractivity (Wildman–Crippen MR) is 130 cm³/mol. The number of nitrogen functional groups attached to an aromatic ring is 1. The van der Waals surface area contributed by atoms with E-state index >= 15 is 0 Å². The highest BCUT2D eigenvalue weighted by Crippen LogP contribution is 2.36. The highest BCUT2D eigenvalue weighted by atomic mass is 16.5. The fourth-order valence-electron chi connectivity index (χ4n) is 4.91. The number of aliphatic hydroxyl groups is 2. The largest absolute Gasteiger partial charge is 0.394 e. The van der Waals surface area contributed by atoms with Crippen molar-refractivity contribution in [1.82, 2.24) is 34.4 Å². The second-order valence-corrected chi connectivity index (χ2v) is 9.50. The van der Waals surface area contributed by atoms with E-state index in [0.29, 0.717) is 12.0 Å². The molecule has 1 amide bonds. The first-order valence-corrected chi connectivity index (χ1v) is 12.1. The van der Waals surface area contributed by atoms with E-state index in [1.54, 1.807) is 11.5 Å². The van der Waals surface area contributed by atoms with Crippen LogP contribution < -0.4 is 27.9 Å². The molecule has 0 radical (unpaired) electrons. The van der Waals surface area contributed by atoms with E-state index in [1.165, 1.54) is 17.1 Å². The Morgan fingerprint density at radius 2 is 1.89 bits per heavy atom. The van der Waals surface area contributed by atoms with Gasteiger partial charge in [0.1, 0.15) is 18.6 Å². The number of aromatic amines is 2. The van der Waals surface area contributed by atoms with Crippen LogP contribution in [0.15, 0.2) is 26.9 Å². The van der Waals surface area contributed by atoms with Gasteiger partial charge in [-0.25, -0.2) is 9.78 Å². The van der Waals surface area contributed by atoms with Crippen molar-refractivity contribution in [1.29, 1.82) is 0 Å². The summed E-state index contributed by atoms with van der Waals surface area (Å²) in [7, 11) is 0. The Morgan fingerprint density at radius 1 is 1.16 bits per heavy atom. The molecule has 7 N–H and O–H groups in total. The standard InChI is InChI=1S/C22H28N8O8/c1-9-6-29(22(36)28-19(9)34)16-4-11(32)12(37-16)5-24-14(33)2-10-3-15(38-13(10)7-31)30-8-25-17-18(30)26-21(23)27-20(17)35/h6,8,10-13,15-16,31-32H,2-5,7H2,1H3,(H,24,33)(H,28,34,36)(H3,23,26,27,35)/t10-,11-,12+,13+,15+,16+/m0/s1. The second kappa shape index (κ2) is 10.1. The van der Waals surface area contributed by atoms with Crippen molar-refractivity contribution in [2.75, 3.05) is 18.9 Å². The molecule has 0 saturated carbocycles. The molecule has 0 aliphatic carbocycles. The lowest BCUT2D eigenvalue weighted by Gasteiger charge is -2.18. The molecule has 5 rings (SSSR count). The van der Waals surface area contributed by atoms with Gasteiger partial charge in [-0.1, -0.05) is 0 Å². The average molecular weight is 533 g/mol. The molecule has 2 aliphatic rings. The van der Waals surface area contributed by atoms with Crippen LogP contribution in [0.3, 0.4) is 0 Å². The van der Waals surface area contributed by atoms with Crippen LogP contribution in [0.25, 0.3) is 11.2 Å². The van der Waals surface area contributed by atoms with Crippen LogP contribution in [0, 0.1) is 12.8 Å². The number of rotatable bonds is 7. The zero-order chi connectivity index (χ0) is 27.1. The topological polar surface area (TPSA) is 232 Å². The number of hydrogen-bond acceptors (Lipinski definition) is 11. The predicted octanol–water partition coefficient (Wildman–Crippen LogP) is -2.39. The van der Waals surface area contributed by atoms with Gasteiger partial charge in [-0.3, -0.25) is 33.5 Å². The quantitative estimate of drug-likeness (QED) is 0.188. The lowest BCUT2D eigenvalue weighted by atomic mass is 9.96. The highest BCUT2D eigenvalue weighted by Gasteiger charge is 2.39. The van der Waals surface area contributed by atoms with Gasteiger partial charge in [0.25, 0.3) is 11.1 Å². The molecule has 0 bridgehead atoms. The molecule has 0 aromatic carbocycles. The lowest BCUT2D eigenvalue weighted by Crippen LogP contribution is -2.38. The van der Waals surface area contributed by atoms with E-state index < -0.39 is 47.6 Å². The van der Waals surface area contributed by atoms with E-state index in [9.17, 15) is 29.4 Å². The van der Waals surface area contributed by atoms with Gasteiger partial charge in [-0.2, -0.15) is 4.98 Å². The summed E-state index contributed by atoms with van der Waals surface area (Å²) < 4.78 is 14.5. The Balaban J connectivity index is 1.20. The summed E-state index contributed by atoms with van der Waals surface area (Å²) in [5.41, 5.74) is 4.67. The summed E-state index contributed by atoms with van der Waals surface area (Å²) in [5, 5.41) is 23.0. The SMILES string of the molecule is Cc1cn([C@H]2C[C@H](O)[C@@H](CNC(=O)C[C@H]3C[C@H](n4cnc5c(=O)[nH]c(N)nc54)O[C@@H]3CO)O2)c(=O)[nH]c1=O. The third-order valence-corrected chi connectivity index (χ3v) is 6.91. The molecule has 2 saturated heterocycles. The average Bonchev–Trinajstić information content (AvgIpc) is 3.56. The van der Waals surface area contributed by atoms with E-state index in [-0.39, 0.29) is 54.9 Å². The summed E-state index contributed by atoms with van der Waals surface area (Å²) in [4.78, 5) is 61.3. The van der Waals surface area contributed by atoms with Crippen LogP contribution >= 0.6 is 0 Å². The number of aromatic nitrogens is 6. The maximum absolute atomic E-state index is 12.7. The molecule has 5 heterocycles. The molecule has 3 aromatic rings. The van der Waals surface area contributed by atoms with Crippen LogP contribution in [0.1, 0.15) is 37.3 Å². The van der Waals surface area contributed by atoms with Crippen molar-refractivity contribution in [3.8, 4) is 0 Å². The normalized spacial score (nSPS) is 27.2. The number of nitrogens with one attached hydrogen (secondary N) is 3. The van der Waals surface area contributed by atoms with E-state index in [4.69, 9.17) is 15.2 Å². The number of amides is 1. The van der Waals surface area contributed by atoms with E-state index in [0.717, 1.165) is 0 Å². The van der Waals surface area contributed by atoms with Gasteiger partial charge in [0, 0.05) is 37.1 Å². The Hall–Kier alpha value is -3.86. The minimum Gasteiger partial charge on any atom is -0.394 e. The van der Waals surface area contributed by atoms with Crippen LogP contribution in [0.5, 0.6) is 0 Å². The van der Waals surface area contributed by atoms with Crippen LogP contribution in [0.2, 0.25) is 0 Å². The van der Waals surface area contributed by atoms with Gasteiger partial charge in [0.15, 0.2) is 11.2 Å². The van der Waals surface area contributed by atoms with Gasteiger partial charge in [0.05, 0.1) is 25.1 Å². The zero-order valence-corrected chi connectivity index (χ0v) is 20.4. The summed E-state index contributed by atoms with van der Waals surface area (Å²) >= 11 is 0. The fraction of sp³-hybridized carbons (Fsp3) is 0.545. The summed E-state index contributed by atoms with van der Waals surface area (Å²) in [6, 6.07) is 0. The molecule has 6 atom stereocenters. The van der Waals surface area contributed by atoms with Gasteiger partial charge in [0.2, 0.25) is 11.9 Å². The maximum Gasteiger partial charge on any atom is 0.330 e.